The lowest BCUT2D eigenvalue weighted by molar-refractivity contribution is -0.156. The highest BCUT2D eigenvalue weighted by Gasteiger charge is 2.51. The van der Waals surface area contributed by atoms with Crippen LogP contribution in [0.3, 0.4) is 0 Å². The Morgan fingerprint density at radius 2 is 1.16 bits per heavy atom. The number of aliphatic hydroxyl groups excluding tert-OH is 1. The molecule has 6 atom stereocenters. The van der Waals surface area contributed by atoms with Crippen molar-refractivity contribution in [3.63, 3.8) is 0 Å². The average molecular weight is 637 g/mol. The highest BCUT2D eigenvalue weighted by Crippen LogP contribution is 2.51. The van der Waals surface area contributed by atoms with Gasteiger partial charge in [-0.05, 0) is 48.5 Å². The molecule has 2 aliphatic carbocycles. The average Bonchev–Trinajstić information content (AvgIpc) is 2.87. The summed E-state index contributed by atoms with van der Waals surface area (Å²) in [6, 6.07) is 0. The third-order valence-electron chi connectivity index (χ3n) is 7.93. The lowest BCUT2D eigenvalue weighted by Gasteiger charge is -2.48. The standard InChI is InChI=1S/C32H44O13/c1-15-25(40-17(3)34)12-24-28(43-20(6)37)11-23(14-33)27(42-19(5)36)13-26(41-18(4)35)16(2)30(44-21(7)38)31(45-22(8)39)29(15)32(24,9)10/h11,24-28,31,33H,12-14H2,1-10H3/b23-11-,30-16+/t24-,25-,26+,27-,28-,31+/m0/s1. The van der Waals surface area contributed by atoms with Crippen molar-refractivity contribution in [2.45, 2.75) is 113 Å². The molecule has 0 aromatic carbocycles. The molecule has 0 aromatic heterocycles. The van der Waals surface area contributed by atoms with Crippen molar-refractivity contribution in [3.05, 3.63) is 34.1 Å². The van der Waals surface area contributed by atoms with E-state index in [1.165, 1.54) is 33.8 Å². The first-order valence-corrected chi connectivity index (χ1v) is 14.6. The SMILES string of the molecule is CC(=O)O/C1=C(\C)[C@H](OC(C)=O)C[C@H](OC(C)=O)/C(CO)=C\[C@H](OC(C)=O)[C@@H]2C[C@H](OC(C)=O)C(C)=C([C@H]1OC(C)=O)C2(C)C. The van der Waals surface area contributed by atoms with E-state index in [1.54, 1.807) is 20.8 Å². The minimum Gasteiger partial charge on any atom is -0.458 e. The summed E-state index contributed by atoms with van der Waals surface area (Å²) in [5.41, 5.74) is 0.143. The zero-order chi connectivity index (χ0) is 34.4. The molecule has 0 saturated heterocycles. The van der Waals surface area contributed by atoms with Crippen molar-refractivity contribution in [1.29, 1.82) is 0 Å². The van der Waals surface area contributed by atoms with Crippen molar-refractivity contribution in [2.75, 3.05) is 6.61 Å². The molecule has 45 heavy (non-hydrogen) atoms. The maximum atomic E-state index is 12.6. The van der Waals surface area contributed by atoms with Crippen molar-refractivity contribution in [3.8, 4) is 0 Å². The molecule has 0 radical (unpaired) electrons. The van der Waals surface area contributed by atoms with E-state index in [0.29, 0.717) is 11.1 Å². The fraction of sp³-hybridized carbons (Fsp3) is 0.625. The minimum atomic E-state index is -1.40. The van der Waals surface area contributed by atoms with Gasteiger partial charge in [0.15, 0.2) is 11.9 Å². The Morgan fingerprint density at radius 1 is 0.689 bits per heavy atom. The molecule has 1 N–H and O–H groups in total. The first kappa shape index (κ1) is 37.2. The second-order valence-corrected chi connectivity index (χ2v) is 11.8. The fourth-order valence-corrected chi connectivity index (χ4v) is 6.15. The molecule has 0 aromatic rings. The molecule has 2 aliphatic rings. The van der Waals surface area contributed by atoms with E-state index in [1.807, 2.05) is 0 Å². The van der Waals surface area contributed by atoms with Gasteiger partial charge in [-0.2, -0.15) is 0 Å². The third-order valence-corrected chi connectivity index (χ3v) is 7.93. The Kier molecular flexibility index (Phi) is 12.7. The van der Waals surface area contributed by atoms with E-state index >= 15 is 0 Å². The van der Waals surface area contributed by atoms with Crippen LogP contribution in [0.4, 0.5) is 0 Å². The molecule has 13 heteroatoms. The summed E-state index contributed by atoms with van der Waals surface area (Å²) in [6.07, 6.45) is -4.45. The van der Waals surface area contributed by atoms with Gasteiger partial charge < -0.3 is 33.5 Å². The van der Waals surface area contributed by atoms with E-state index in [9.17, 15) is 33.9 Å². The second kappa shape index (κ2) is 15.3. The number of esters is 6. The lowest BCUT2D eigenvalue weighted by Crippen LogP contribution is -2.49. The van der Waals surface area contributed by atoms with Gasteiger partial charge in [-0.25, -0.2) is 0 Å². The first-order chi connectivity index (χ1) is 20.8. The van der Waals surface area contributed by atoms with E-state index in [-0.39, 0.29) is 29.7 Å². The number of hydrogen-bond acceptors (Lipinski definition) is 13. The molecule has 0 amide bonds. The minimum absolute atomic E-state index is 0.139. The number of ether oxygens (including phenoxy) is 6. The van der Waals surface area contributed by atoms with Crippen molar-refractivity contribution >= 4 is 35.8 Å². The van der Waals surface area contributed by atoms with Crippen LogP contribution in [0.5, 0.6) is 0 Å². The lowest BCUT2D eigenvalue weighted by atomic mass is 9.60. The third kappa shape index (κ3) is 9.49. The van der Waals surface area contributed by atoms with E-state index < -0.39 is 84.3 Å². The summed E-state index contributed by atoms with van der Waals surface area (Å²) >= 11 is 0. The molecular formula is C32H44O13. The predicted octanol–water partition coefficient (Wildman–Crippen LogP) is 3.17. The van der Waals surface area contributed by atoms with Gasteiger partial charge in [-0.3, -0.25) is 28.8 Å². The van der Waals surface area contributed by atoms with Crippen LogP contribution in [0.15, 0.2) is 34.1 Å². The monoisotopic (exact) mass is 636 g/mol. The molecule has 0 aliphatic heterocycles. The summed E-state index contributed by atoms with van der Waals surface area (Å²) < 4.78 is 34.3. The quantitative estimate of drug-likeness (QED) is 0.245. The van der Waals surface area contributed by atoms with Crippen LogP contribution in [0.2, 0.25) is 0 Å². The van der Waals surface area contributed by atoms with Crippen LogP contribution >= 0.6 is 0 Å². The highest BCUT2D eigenvalue weighted by atomic mass is 16.6. The summed E-state index contributed by atoms with van der Waals surface area (Å²) in [6.45, 7) is 13.2. The smallest absolute Gasteiger partial charge is 0.307 e. The molecule has 2 bridgehead atoms. The molecule has 0 heterocycles. The van der Waals surface area contributed by atoms with E-state index in [0.717, 1.165) is 20.8 Å². The number of fused-ring (bicyclic) bond motifs is 2. The summed E-state index contributed by atoms with van der Waals surface area (Å²) in [4.78, 5) is 74.4. The first-order valence-electron chi connectivity index (χ1n) is 14.6. The van der Waals surface area contributed by atoms with Gasteiger partial charge in [0.05, 0.1) is 6.61 Å². The molecule has 0 spiro atoms. The van der Waals surface area contributed by atoms with Crippen molar-refractivity contribution in [1.82, 2.24) is 0 Å². The number of carbonyl (C=O) groups is 6. The Bertz CT molecular complexity index is 1300. The zero-order valence-electron chi connectivity index (χ0n) is 27.5. The predicted molar refractivity (Wildman–Crippen MR) is 157 cm³/mol. The Hall–Kier alpha value is -4.00. The van der Waals surface area contributed by atoms with Gasteiger partial charge >= 0.3 is 35.8 Å². The van der Waals surface area contributed by atoms with Crippen LogP contribution in [0.25, 0.3) is 0 Å². The van der Waals surface area contributed by atoms with Gasteiger partial charge in [-0.15, -0.1) is 0 Å². The summed E-state index contributed by atoms with van der Waals surface area (Å²) in [5.74, 6) is -5.09. The van der Waals surface area contributed by atoms with Gasteiger partial charge in [0.2, 0.25) is 0 Å². The largest absolute Gasteiger partial charge is 0.458 e. The molecule has 250 valence electrons. The molecule has 2 rings (SSSR count). The number of rotatable bonds is 7. The number of aliphatic hydroxyl groups is 1. The van der Waals surface area contributed by atoms with E-state index in [2.05, 4.69) is 0 Å². The molecule has 0 saturated carbocycles. The van der Waals surface area contributed by atoms with Crippen LogP contribution in [0, 0.1) is 11.3 Å². The molecule has 0 fully saturated rings. The maximum absolute atomic E-state index is 12.6. The second-order valence-electron chi connectivity index (χ2n) is 11.8. The van der Waals surface area contributed by atoms with Gasteiger partial charge in [0, 0.05) is 59.5 Å². The zero-order valence-corrected chi connectivity index (χ0v) is 27.5. The molecule has 13 nitrogen and oxygen atoms in total. The normalized spacial score (nSPS) is 29.4. The Balaban J connectivity index is 3.21. The fourth-order valence-electron chi connectivity index (χ4n) is 6.15. The van der Waals surface area contributed by atoms with E-state index in [4.69, 9.17) is 28.4 Å². The van der Waals surface area contributed by atoms with Crippen molar-refractivity contribution < 1.29 is 62.3 Å². The van der Waals surface area contributed by atoms with Gasteiger partial charge in [0.25, 0.3) is 0 Å². The summed E-state index contributed by atoms with van der Waals surface area (Å²) in [5, 5.41) is 10.5. The van der Waals surface area contributed by atoms with Gasteiger partial charge in [-0.1, -0.05) is 13.8 Å². The van der Waals surface area contributed by atoms with Crippen LogP contribution < -0.4 is 0 Å². The number of hydrogen-bond donors (Lipinski definition) is 1. The van der Waals surface area contributed by atoms with Gasteiger partial charge in [0.1, 0.15) is 24.4 Å². The number of carbonyl (C=O) groups excluding carboxylic acids is 6. The maximum Gasteiger partial charge on any atom is 0.307 e. The van der Waals surface area contributed by atoms with Crippen LogP contribution in [0.1, 0.15) is 82.1 Å². The Labute approximate surface area is 262 Å². The molecule has 0 unspecified atom stereocenters. The summed E-state index contributed by atoms with van der Waals surface area (Å²) in [7, 11) is 0. The van der Waals surface area contributed by atoms with Crippen LogP contribution in [-0.4, -0.2) is 78.0 Å². The molecular weight excluding hydrogens is 592 g/mol. The highest BCUT2D eigenvalue weighted by molar-refractivity contribution is 5.71. The topological polar surface area (TPSA) is 178 Å². The van der Waals surface area contributed by atoms with Crippen molar-refractivity contribution in [2.24, 2.45) is 11.3 Å². The Morgan fingerprint density at radius 3 is 1.60 bits per heavy atom. The van der Waals surface area contributed by atoms with Crippen LogP contribution in [-0.2, 0) is 57.2 Å².